The second-order valence-corrected chi connectivity index (χ2v) is 9.12. The monoisotopic (exact) mass is 476 g/mol. The Morgan fingerprint density at radius 1 is 1.23 bits per heavy atom. The number of fused-ring (bicyclic) bond motifs is 1. The van der Waals surface area contributed by atoms with Crippen LogP contribution in [0.3, 0.4) is 0 Å². The van der Waals surface area contributed by atoms with E-state index in [4.69, 9.17) is 16.2 Å². The highest BCUT2D eigenvalue weighted by Gasteiger charge is 2.34. The Morgan fingerprint density at radius 2 is 2.03 bits per heavy atom. The molecule has 1 aliphatic rings. The second kappa shape index (κ2) is 10.3. The van der Waals surface area contributed by atoms with Gasteiger partial charge in [-0.05, 0) is 36.1 Å². The fraction of sp³-hybridized carbons (Fsp3) is 0.385. The SMILES string of the molecule is CCc1ccc2cc(N)c(C(=O)Cc3cnccc3N3C[C@@H](N)[C@@H](NC(=O)OC)[C@@H](C)C3)nc2c1. The Balaban J connectivity index is 1.57. The summed E-state index contributed by atoms with van der Waals surface area (Å²) < 4.78 is 4.73. The van der Waals surface area contributed by atoms with Crippen molar-refractivity contribution in [1.82, 2.24) is 15.3 Å². The molecule has 35 heavy (non-hydrogen) atoms. The van der Waals surface area contributed by atoms with Gasteiger partial charge in [0.25, 0.3) is 0 Å². The summed E-state index contributed by atoms with van der Waals surface area (Å²) in [6, 6.07) is 9.20. The predicted molar refractivity (Wildman–Crippen MR) is 136 cm³/mol. The number of anilines is 2. The van der Waals surface area contributed by atoms with E-state index in [1.807, 2.05) is 31.2 Å². The molecule has 9 nitrogen and oxygen atoms in total. The molecule has 0 aliphatic carbocycles. The van der Waals surface area contributed by atoms with Gasteiger partial charge in [-0.2, -0.15) is 0 Å². The number of nitrogens with two attached hydrogens (primary N) is 2. The van der Waals surface area contributed by atoms with Gasteiger partial charge in [-0.3, -0.25) is 9.78 Å². The first kappa shape index (κ1) is 24.4. The first-order valence-electron chi connectivity index (χ1n) is 11.8. The average molecular weight is 477 g/mol. The van der Waals surface area contributed by atoms with Crippen LogP contribution in [0.5, 0.6) is 0 Å². The van der Waals surface area contributed by atoms with Crippen LogP contribution in [0.4, 0.5) is 16.2 Å². The molecular formula is C26H32N6O3. The zero-order valence-electron chi connectivity index (χ0n) is 20.3. The Bertz CT molecular complexity index is 1230. The number of nitrogens with one attached hydrogen (secondary N) is 1. The molecule has 5 N–H and O–H groups in total. The van der Waals surface area contributed by atoms with Crippen molar-refractivity contribution in [3.8, 4) is 0 Å². The summed E-state index contributed by atoms with van der Waals surface area (Å²) in [6.45, 7) is 5.28. The number of amides is 1. The fourth-order valence-electron chi connectivity index (χ4n) is 4.76. The number of methoxy groups -OCH3 is 1. The Labute approximate surface area is 204 Å². The van der Waals surface area contributed by atoms with Crippen LogP contribution >= 0.6 is 0 Å². The van der Waals surface area contributed by atoms with E-state index in [0.29, 0.717) is 18.8 Å². The predicted octanol–water partition coefficient (Wildman–Crippen LogP) is 2.71. The number of hydrogen-bond donors (Lipinski definition) is 3. The van der Waals surface area contributed by atoms with Gasteiger partial charge in [0.2, 0.25) is 0 Å². The molecule has 1 saturated heterocycles. The van der Waals surface area contributed by atoms with E-state index in [-0.39, 0.29) is 35.9 Å². The Kier molecular flexibility index (Phi) is 7.16. The maximum absolute atomic E-state index is 13.3. The van der Waals surface area contributed by atoms with Crippen molar-refractivity contribution in [1.29, 1.82) is 0 Å². The molecular weight excluding hydrogens is 444 g/mol. The number of carbonyl (C=O) groups is 2. The lowest BCUT2D eigenvalue weighted by Crippen LogP contribution is -2.62. The highest BCUT2D eigenvalue weighted by Crippen LogP contribution is 2.28. The number of aryl methyl sites for hydroxylation is 1. The summed E-state index contributed by atoms with van der Waals surface area (Å²) >= 11 is 0. The number of carbonyl (C=O) groups excluding carboxylic acids is 2. The lowest BCUT2D eigenvalue weighted by Gasteiger charge is -2.42. The van der Waals surface area contributed by atoms with Crippen LogP contribution in [0.2, 0.25) is 0 Å². The molecule has 1 aromatic carbocycles. The molecule has 9 heteroatoms. The molecule has 3 atom stereocenters. The van der Waals surface area contributed by atoms with Gasteiger partial charge < -0.3 is 26.4 Å². The van der Waals surface area contributed by atoms with Gasteiger partial charge in [0.1, 0.15) is 5.69 Å². The molecule has 0 radical (unpaired) electrons. The third-order valence-corrected chi connectivity index (χ3v) is 6.64. The number of nitrogens with zero attached hydrogens (tertiary/aromatic N) is 3. The molecule has 0 saturated carbocycles. The number of ether oxygens (including phenoxy) is 1. The van der Waals surface area contributed by atoms with Crippen LogP contribution in [0.25, 0.3) is 10.9 Å². The van der Waals surface area contributed by atoms with Crippen molar-refractivity contribution in [3.05, 3.63) is 59.5 Å². The quantitative estimate of drug-likeness (QED) is 0.462. The molecule has 1 fully saturated rings. The number of hydrogen-bond acceptors (Lipinski definition) is 8. The van der Waals surface area contributed by atoms with Gasteiger partial charge >= 0.3 is 6.09 Å². The summed E-state index contributed by atoms with van der Waals surface area (Å²) in [5.41, 5.74) is 16.9. The van der Waals surface area contributed by atoms with Crippen LogP contribution in [-0.2, 0) is 17.6 Å². The van der Waals surface area contributed by atoms with Crippen LogP contribution < -0.4 is 21.7 Å². The van der Waals surface area contributed by atoms with Gasteiger partial charge in [0.05, 0.1) is 24.4 Å². The summed E-state index contributed by atoms with van der Waals surface area (Å²) in [6.07, 6.45) is 3.91. The minimum atomic E-state index is -0.493. The number of piperidine rings is 1. The highest BCUT2D eigenvalue weighted by molar-refractivity contribution is 6.03. The van der Waals surface area contributed by atoms with E-state index >= 15 is 0 Å². The number of aromatic nitrogens is 2. The van der Waals surface area contributed by atoms with Crippen LogP contribution in [0.15, 0.2) is 42.7 Å². The third kappa shape index (κ3) is 5.19. The molecule has 3 heterocycles. The second-order valence-electron chi connectivity index (χ2n) is 9.12. The number of benzene rings is 1. The number of nitrogen functional groups attached to an aromatic ring is 1. The van der Waals surface area contributed by atoms with Gasteiger partial charge in [0, 0.05) is 54.6 Å². The smallest absolute Gasteiger partial charge is 0.407 e. The van der Waals surface area contributed by atoms with Crippen molar-refractivity contribution in [2.75, 3.05) is 30.8 Å². The average Bonchev–Trinajstić information content (AvgIpc) is 2.85. The number of alkyl carbamates (subject to hydrolysis) is 1. The molecule has 4 rings (SSSR count). The summed E-state index contributed by atoms with van der Waals surface area (Å²) in [5.74, 6) is -0.0970. The fourth-order valence-corrected chi connectivity index (χ4v) is 4.76. The first-order chi connectivity index (χ1) is 16.8. The lowest BCUT2D eigenvalue weighted by molar-refractivity contribution is 0.0989. The van der Waals surface area contributed by atoms with Crippen molar-refractivity contribution in [2.45, 2.75) is 38.8 Å². The molecule has 1 amide bonds. The standard InChI is InChI=1S/C26H32N6O3/c1-4-16-5-6-17-10-19(27)25(30-21(17)9-16)23(33)11-18-12-29-8-7-22(18)32-13-15(2)24(20(28)14-32)31-26(34)35-3/h5-10,12,15,20,24H,4,11,13-14,27-28H2,1-3H3,(H,31,34)/t15-,20+,24-/m0/s1. The molecule has 0 spiro atoms. The van der Waals surface area contributed by atoms with Gasteiger partial charge in [-0.25, -0.2) is 9.78 Å². The zero-order chi connectivity index (χ0) is 25.1. The number of Topliss-reactive ketones (excluding diaryl/α,β-unsaturated/α-hetero) is 1. The van der Waals surface area contributed by atoms with E-state index in [9.17, 15) is 9.59 Å². The van der Waals surface area contributed by atoms with Gasteiger partial charge in [-0.1, -0.05) is 26.0 Å². The number of pyridine rings is 2. The normalized spacial score (nSPS) is 20.0. The molecule has 2 aromatic heterocycles. The lowest BCUT2D eigenvalue weighted by atomic mass is 9.89. The van der Waals surface area contributed by atoms with E-state index in [1.165, 1.54) is 7.11 Å². The molecule has 3 aromatic rings. The molecule has 0 bridgehead atoms. The van der Waals surface area contributed by atoms with Crippen molar-refractivity contribution in [2.24, 2.45) is 11.7 Å². The number of rotatable bonds is 6. The summed E-state index contributed by atoms with van der Waals surface area (Å²) in [7, 11) is 1.33. The maximum atomic E-state index is 13.3. The zero-order valence-corrected chi connectivity index (χ0v) is 20.3. The maximum Gasteiger partial charge on any atom is 0.407 e. The summed E-state index contributed by atoms with van der Waals surface area (Å²) in [4.78, 5) is 36.0. The van der Waals surface area contributed by atoms with Crippen LogP contribution in [-0.4, -0.2) is 54.1 Å². The van der Waals surface area contributed by atoms with Gasteiger partial charge in [0.15, 0.2) is 5.78 Å². The number of ketones is 1. The minimum Gasteiger partial charge on any atom is -0.453 e. The topological polar surface area (TPSA) is 136 Å². The Hall–Kier alpha value is -3.72. The third-order valence-electron chi connectivity index (χ3n) is 6.64. The highest BCUT2D eigenvalue weighted by atomic mass is 16.5. The van der Waals surface area contributed by atoms with Gasteiger partial charge in [-0.15, -0.1) is 0 Å². The summed E-state index contributed by atoms with van der Waals surface area (Å²) in [5, 5.41) is 3.74. The molecule has 184 valence electrons. The molecule has 1 aliphatic heterocycles. The largest absolute Gasteiger partial charge is 0.453 e. The van der Waals surface area contributed by atoms with E-state index in [2.05, 4.69) is 27.1 Å². The van der Waals surface area contributed by atoms with E-state index in [1.54, 1.807) is 18.5 Å². The van der Waals surface area contributed by atoms with Crippen LogP contribution in [0.1, 0.15) is 35.5 Å². The Morgan fingerprint density at radius 3 is 2.74 bits per heavy atom. The van der Waals surface area contributed by atoms with Crippen LogP contribution in [0, 0.1) is 5.92 Å². The first-order valence-corrected chi connectivity index (χ1v) is 11.8. The minimum absolute atomic E-state index is 0.0696. The van der Waals surface area contributed by atoms with Crippen molar-refractivity contribution < 1.29 is 14.3 Å². The van der Waals surface area contributed by atoms with Crippen molar-refractivity contribution >= 4 is 34.2 Å². The van der Waals surface area contributed by atoms with E-state index < -0.39 is 6.09 Å². The molecule has 0 unspecified atom stereocenters. The van der Waals surface area contributed by atoms with Crippen molar-refractivity contribution in [3.63, 3.8) is 0 Å². The van der Waals surface area contributed by atoms with E-state index in [0.717, 1.165) is 34.1 Å².